The van der Waals surface area contributed by atoms with Crippen LogP contribution in [0.3, 0.4) is 0 Å². The number of nitrogens with one attached hydrogen (secondary N) is 1. The summed E-state index contributed by atoms with van der Waals surface area (Å²) in [6.07, 6.45) is 4.50. The monoisotopic (exact) mass is 245 g/mol. The minimum absolute atomic E-state index is 0.178. The number of aromatic nitrogens is 2. The molecule has 0 aliphatic heterocycles. The van der Waals surface area contributed by atoms with Gasteiger partial charge in [0, 0.05) is 17.9 Å². The van der Waals surface area contributed by atoms with E-state index in [-0.39, 0.29) is 5.82 Å². The lowest BCUT2D eigenvalue weighted by molar-refractivity contribution is 0.619. The average Bonchev–Trinajstić information content (AvgIpc) is 3.09. The van der Waals surface area contributed by atoms with Crippen LogP contribution >= 0.6 is 0 Å². The van der Waals surface area contributed by atoms with Crippen molar-refractivity contribution in [2.45, 2.75) is 32.7 Å². The molecular weight excluding hydrogens is 229 g/mol. The molecule has 0 atom stereocenters. The quantitative estimate of drug-likeness (QED) is 0.893. The van der Waals surface area contributed by atoms with Crippen molar-refractivity contribution in [1.29, 1.82) is 0 Å². The van der Waals surface area contributed by atoms with Gasteiger partial charge in [0.15, 0.2) is 0 Å². The van der Waals surface area contributed by atoms with Gasteiger partial charge in [0.1, 0.15) is 5.82 Å². The van der Waals surface area contributed by atoms with E-state index in [4.69, 9.17) is 0 Å². The lowest BCUT2D eigenvalue weighted by Gasteiger charge is -2.09. The van der Waals surface area contributed by atoms with Gasteiger partial charge in [0.05, 0.1) is 5.69 Å². The first kappa shape index (κ1) is 11.3. The highest BCUT2D eigenvalue weighted by Crippen LogP contribution is 2.37. The number of imidazole rings is 1. The first-order valence-corrected chi connectivity index (χ1v) is 6.22. The molecule has 1 aliphatic carbocycles. The van der Waals surface area contributed by atoms with Crippen LogP contribution in [-0.4, -0.2) is 9.55 Å². The largest absolute Gasteiger partial charge is 0.326 e. The average molecular weight is 245 g/mol. The molecule has 18 heavy (non-hydrogen) atoms. The Kier molecular flexibility index (Phi) is 2.58. The third-order valence-electron chi connectivity index (χ3n) is 3.21. The van der Waals surface area contributed by atoms with E-state index in [1.165, 1.54) is 18.9 Å². The summed E-state index contributed by atoms with van der Waals surface area (Å²) in [6.45, 7) is 3.75. The van der Waals surface area contributed by atoms with Crippen LogP contribution in [0.5, 0.6) is 0 Å². The SMILES string of the molecule is Cc1cn(C2CC2)c(Nc2ccc(F)c(C)c2)n1. The van der Waals surface area contributed by atoms with Crippen LogP contribution in [0.4, 0.5) is 16.0 Å². The molecule has 3 nitrogen and oxygen atoms in total. The Hall–Kier alpha value is -1.84. The molecule has 0 spiro atoms. The van der Waals surface area contributed by atoms with Crippen molar-refractivity contribution in [2.24, 2.45) is 0 Å². The van der Waals surface area contributed by atoms with Crippen molar-refractivity contribution in [3.63, 3.8) is 0 Å². The van der Waals surface area contributed by atoms with E-state index >= 15 is 0 Å². The second kappa shape index (κ2) is 4.12. The molecule has 1 aromatic heterocycles. The molecular formula is C14H16FN3. The summed E-state index contributed by atoms with van der Waals surface area (Å²) in [5.74, 6) is 0.670. The standard InChI is InChI=1S/C14H16FN3/c1-9-7-11(3-6-13(9)15)17-14-16-10(2)8-18(14)12-4-5-12/h3,6-8,12H,4-5H2,1-2H3,(H,16,17). The number of halogens is 1. The Morgan fingerprint density at radius 2 is 2.11 bits per heavy atom. The fraction of sp³-hybridized carbons (Fsp3) is 0.357. The molecule has 0 saturated heterocycles. The predicted octanol–water partition coefficient (Wildman–Crippen LogP) is 3.72. The summed E-state index contributed by atoms with van der Waals surface area (Å²) in [7, 11) is 0. The van der Waals surface area contributed by atoms with Crippen LogP contribution in [0.15, 0.2) is 24.4 Å². The van der Waals surface area contributed by atoms with Gasteiger partial charge in [0.2, 0.25) is 5.95 Å². The summed E-state index contributed by atoms with van der Waals surface area (Å²) in [6, 6.07) is 5.60. The maximum Gasteiger partial charge on any atom is 0.207 e. The van der Waals surface area contributed by atoms with Gasteiger partial charge < -0.3 is 9.88 Å². The molecule has 94 valence electrons. The Morgan fingerprint density at radius 1 is 1.33 bits per heavy atom. The Balaban J connectivity index is 1.89. The summed E-state index contributed by atoms with van der Waals surface area (Å²) < 4.78 is 15.4. The lowest BCUT2D eigenvalue weighted by Crippen LogP contribution is -2.01. The number of hydrogen-bond acceptors (Lipinski definition) is 2. The van der Waals surface area contributed by atoms with Crippen molar-refractivity contribution >= 4 is 11.6 Å². The zero-order valence-corrected chi connectivity index (χ0v) is 10.6. The van der Waals surface area contributed by atoms with Gasteiger partial charge in [-0.15, -0.1) is 0 Å². The van der Waals surface area contributed by atoms with E-state index in [1.807, 2.05) is 6.92 Å². The number of hydrogen-bond donors (Lipinski definition) is 1. The molecule has 1 N–H and O–H groups in total. The van der Waals surface area contributed by atoms with E-state index in [9.17, 15) is 4.39 Å². The van der Waals surface area contributed by atoms with Crippen molar-refractivity contribution < 1.29 is 4.39 Å². The van der Waals surface area contributed by atoms with Gasteiger partial charge in [-0.1, -0.05) is 0 Å². The molecule has 1 aromatic carbocycles. The van der Waals surface area contributed by atoms with Crippen molar-refractivity contribution in [3.8, 4) is 0 Å². The fourth-order valence-corrected chi connectivity index (χ4v) is 2.09. The fourth-order valence-electron chi connectivity index (χ4n) is 2.09. The normalized spacial score (nSPS) is 14.8. The van der Waals surface area contributed by atoms with Gasteiger partial charge in [0.25, 0.3) is 0 Å². The van der Waals surface area contributed by atoms with Gasteiger partial charge in [-0.05, 0) is 50.5 Å². The minimum Gasteiger partial charge on any atom is -0.326 e. The molecule has 1 aliphatic rings. The Labute approximate surface area is 106 Å². The molecule has 1 heterocycles. The van der Waals surface area contributed by atoms with Crippen LogP contribution in [0, 0.1) is 19.7 Å². The number of aryl methyl sites for hydroxylation is 2. The van der Waals surface area contributed by atoms with Crippen molar-refractivity contribution in [2.75, 3.05) is 5.32 Å². The topological polar surface area (TPSA) is 29.9 Å². The highest BCUT2D eigenvalue weighted by atomic mass is 19.1. The molecule has 2 aromatic rings. The maximum absolute atomic E-state index is 13.2. The summed E-state index contributed by atoms with van der Waals surface area (Å²) in [4.78, 5) is 4.48. The zero-order chi connectivity index (χ0) is 12.7. The minimum atomic E-state index is -0.178. The van der Waals surface area contributed by atoms with E-state index in [0.717, 1.165) is 17.3 Å². The number of rotatable bonds is 3. The van der Waals surface area contributed by atoms with Gasteiger partial charge >= 0.3 is 0 Å². The Morgan fingerprint density at radius 3 is 2.78 bits per heavy atom. The van der Waals surface area contributed by atoms with E-state index in [0.29, 0.717) is 11.6 Å². The third kappa shape index (κ3) is 2.10. The van der Waals surface area contributed by atoms with Crippen LogP contribution < -0.4 is 5.32 Å². The van der Waals surface area contributed by atoms with Crippen LogP contribution in [-0.2, 0) is 0 Å². The molecule has 4 heteroatoms. The highest BCUT2D eigenvalue weighted by Gasteiger charge is 2.26. The number of nitrogens with zero attached hydrogens (tertiary/aromatic N) is 2. The molecule has 3 rings (SSSR count). The van der Waals surface area contributed by atoms with Crippen molar-refractivity contribution in [3.05, 3.63) is 41.5 Å². The highest BCUT2D eigenvalue weighted by molar-refractivity contribution is 5.55. The summed E-state index contributed by atoms with van der Waals surface area (Å²) >= 11 is 0. The number of anilines is 2. The Bertz CT molecular complexity index is 585. The van der Waals surface area contributed by atoms with Crippen LogP contribution in [0.2, 0.25) is 0 Å². The first-order chi connectivity index (χ1) is 8.63. The first-order valence-electron chi connectivity index (χ1n) is 6.22. The molecule has 0 radical (unpaired) electrons. The van der Waals surface area contributed by atoms with Crippen LogP contribution in [0.1, 0.15) is 30.1 Å². The van der Waals surface area contributed by atoms with Crippen LogP contribution in [0.25, 0.3) is 0 Å². The second-order valence-corrected chi connectivity index (χ2v) is 4.93. The lowest BCUT2D eigenvalue weighted by atomic mass is 10.2. The number of benzene rings is 1. The molecule has 0 unspecified atom stereocenters. The molecule has 1 saturated carbocycles. The van der Waals surface area contributed by atoms with E-state index < -0.39 is 0 Å². The van der Waals surface area contributed by atoms with Gasteiger partial charge in [-0.2, -0.15) is 0 Å². The van der Waals surface area contributed by atoms with Crippen molar-refractivity contribution in [1.82, 2.24) is 9.55 Å². The van der Waals surface area contributed by atoms with E-state index in [2.05, 4.69) is 21.1 Å². The van der Waals surface area contributed by atoms with Gasteiger partial charge in [-0.25, -0.2) is 9.37 Å². The zero-order valence-electron chi connectivity index (χ0n) is 10.6. The summed E-state index contributed by atoms with van der Waals surface area (Å²) in [5, 5.41) is 3.27. The van der Waals surface area contributed by atoms with E-state index in [1.54, 1.807) is 19.1 Å². The maximum atomic E-state index is 13.2. The second-order valence-electron chi connectivity index (χ2n) is 4.93. The molecule has 1 fully saturated rings. The van der Waals surface area contributed by atoms with Gasteiger partial charge in [-0.3, -0.25) is 0 Å². The smallest absolute Gasteiger partial charge is 0.207 e. The predicted molar refractivity (Wildman–Crippen MR) is 69.7 cm³/mol. The molecule has 0 amide bonds. The third-order valence-corrected chi connectivity index (χ3v) is 3.21. The molecule has 0 bridgehead atoms. The summed E-state index contributed by atoms with van der Waals surface area (Å²) in [5.41, 5.74) is 2.52.